The zero-order valence-electron chi connectivity index (χ0n) is 21.0. The van der Waals surface area contributed by atoms with Crippen molar-refractivity contribution in [1.82, 2.24) is 9.80 Å². The Morgan fingerprint density at radius 2 is 1.68 bits per heavy atom. The van der Waals surface area contributed by atoms with Crippen LogP contribution >= 0.6 is 0 Å². The van der Waals surface area contributed by atoms with Gasteiger partial charge >= 0.3 is 0 Å². The molecule has 2 aliphatic rings. The molecule has 2 aliphatic heterocycles. The lowest BCUT2D eigenvalue weighted by Gasteiger charge is -2.36. The lowest BCUT2D eigenvalue weighted by atomic mass is 9.66. The molecule has 1 unspecified atom stereocenters. The first-order chi connectivity index (χ1) is 15.7. The maximum absolute atomic E-state index is 14.2. The van der Waals surface area contributed by atoms with Crippen molar-refractivity contribution in [3.8, 4) is 0 Å². The summed E-state index contributed by atoms with van der Waals surface area (Å²) < 4.78 is 45.7. The molecule has 4 heteroatoms. The zero-order chi connectivity index (χ0) is 23.7. The van der Waals surface area contributed by atoms with E-state index in [-0.39, 0.29) is 12.5 Å². The van der Waals surface area contributed by atoms with Gasteiger partial charge in [-0.1, -0.05) is 60.7 Å². The molecule has 2 fully saturated rings. The molecular weight excluding hydrogens is 348 g/mol. The fraction of sp³-hybridized carbons (Fsp3) is 0.458. The Labute approximate surface area is 175 Å². The number of hydrogen-bond acceptors (Lipinski definition) is 3. The molecule has 2 aromatic rings. The normalized spacial score (nSPS) is 26.1. The standard InChI is InChI=1S/C24H30N2O2/c1-2-26-19-22(13-14-25-15-17-28-18-16-25)24(23(26)27,20-9-5-3-6-10-20)21-11-7-4-8-12-21/h3-12,22H,2,13-19H2,1H3/i1D3,2D2. The Hall–Kier alpha value is -2.17. The van der Waals surface area contributed by atoms with Crippen molar-refractivity contribution >= 4 is 5.91 Å². The number of carbonyl (C=O) groups excluding carboxylic acids is 1. The highest BCUT2D eigenvalue weighted by Gasteiger charge is 2.55. The molecule has 0 N–H and O–H groups in total. The number of carbonyl (C=O) groups is 1. The molecule has 4 rings (SSSR count). The van der Waals surface area contributed by atoms with Crippen molar-refractivity contribution < 1.29 is 16.4 Å². The van der Waals surface area contributed by atoms with Gasteiger partial charge in [-0.05, 0) is 30.9 Å². The predicted octanol–water partition coefficient (Wildman–Crippen LogP) is 3.17. The predicted molar refractivity (Wildman–Crippen MR) is 111 cm³/mol. The third kappa shape index (κ3) is 3.36. The topological polar surface area (TPSA) is 32.8 Å². The van der Waals surface area contributed by atoms with Gasteiger partial charge < -0.3 is 9.64 Å². The van der Waals surface area contributed by atoms with Crippen LogP contribution in [-0.2, 0) is 14.9 Å². The van der Waals surface area contributed by atoms with Crippen molar-refractivity contribution in [3.05, 3.63) is 71.8 Å². The van der Waals surface area contributed by atoms with Crippen molar-refractivity contribution in [2.45, 2.75) is 18.7 Å². The summed E-state index contributed by atoms with van der Waals surface area (Å²) in [5, 5.41) is 0. The second-order valence-electron chi connectivity index (χ2n) is 7.51. The number of nitrogens with zero attached hydrogens (tertiary/aromatic N) is 2. The number of amides is 1. The number of benzene rings is 2. The van der Waals surface area contributed by atoms with Gasteiger partial charge in [-0.3, -0.25) is 9.69 Å². The van der Waals surface area contributed by atoms with Crippen LogP contribution in [0.1, 0.15) is 31.3 Å². The van der Waals surface area contributed by atoms with Crippen LogP contribution in [0.4, 0.5) is 0 Å². The van der Waals surface area contributed by atoms with Crippen molar-refractivity contribution in [2.75, 3.05) is 45.9 Å². The Balaban J connectivity index is 1.82. The van der Waals surface area contributed by atoms with E-state index in [0.29, 0.717) is 19.6 Å². The van der Waals surface area contributed by atoms with Crippen molar-refractivity contribution in [2.24, 2.45) is 5.92 Å². The van der Waals surface area contributed by atoms with Gasteiger partial charge in [0.15, 0.2) is 0 Å². The SMILES string of the molecule is [2H]C([2H])([2H])C([2H])([2H])N1CC(CCN2CCOCC2)C(c2ccccc2)(c2ccccc2)C1=O. The average molecular weight is 384 g/mol. The van der Waals surface area contributed by atoms with E-state index in [1.54, 1.807) is 0 Å². The maximum Gasteiger partial charge on any atom is 0.238 e. The van der Waals surface area contributed by atoms with E-state index in [0.717, 1.165) is 35.7 Å². The number of morpholine rings is 1. The molecular formula is C24H30N2O2. The number of likely N-dealkylation sites (N-methyl/N-ethyl adjacent to an activating group) is 1. The summed E-state index contributed by atoms with van der Waals surface area (Å²) >= 11 is 0. The van der Waals surface area contributed by atoms with Crippen LogP contribution in [0.25, 0.3) is 0 Å². The lowest BCUT2D eigenvalue weighted by Crippen LogP contribution is -2.43. The molecule has 0 bridgehead atoms. The summed E-state index contributed by atoms with van der Waals surface area (Å²) in [5.41, 5.74) is 0.363. The van der Waals surface area contributed by atoms with Crippen LogP contribution in [-0.4, -0.2) is 61.6 Å². The summed E-state index contributed by atoms with van der Waals surface area (Å²) in [6.45, 7) is -2.01. The minimum atomic E-state index is -2.96. The molecule has 2 saturated heterocycles. The fourth-order valence-electron chi connectivity index (χ4n) is 4.68. The molecule has 0 aromatic heterocycles. The van der Waals surface area contributed by atoms with Gasteiger partial charge in [0.05, 0.1) is 13.2 Å². The monoisotopic (exact) mass is 383 g/mol. The summed E-state index contributed by atoms with van der Waals surface area (Å²) in [6, 6.07) is 18.8. The van der Waals surface area contributed by atoms with Crippen molar-refractivity contribution in [1.29, 1.82) is 0 Å². The van der Waals surface area contributed by atoms with Crippen LogP contribution < -0.4 is 0 Å². The molecule has 0 saturated carbocycles. The molecule has 148 valence electrons. The first-order valence-electron chi connectivity index (χ1n) is 12.4. The minimum Gasteiger partial charge on any atom is -0.379 e. The van der Waals surface area contributed by atoms with Gasteiger partial charge in [-0.15, -0.1) is 0 Å². The van der Waals surface area contributed by atoms with Crippen LogP contribution in [0, 0.1) is 5.92 Å². The summed E-state index contributed by atoms with van der Waals surface area (Å²) in [6.07, 6.45) is 0.628. The Kier molecular flexibility index (Phi) is 4.20. The molecule has 0 radical (unpaired) electrons. The minimum absolute atomic E-state index is 0.0400. The highest BCUT2D eigenvalue weighted by molar-refractivity contribution is 5.94. The number of rotatable bonds is 6. The van der Waals surface area contributed by atoms with Crippen LogP contribution in [0.5, 0.6) is 0 Å². The largest absolute Gasteiger partial charge is 0.379 e. The number of likely N-dealkylation sites (tertiary alicyclic amines) is 1. The van der Waals surface area contributed by atoms with Gasteiger partial charge in [0.2, 0.25) is 5.91 Å². The molecule has 1 atom stereocenters. The summed E-state index contributed by atoms with van der Waals surface area (Å²) in [7, 11) is 0. The molecule has 2 heterocycles. The number of ether oxygens (including phenoxy) is 1. The first kappa shape index (κ1) is 13.9. The molecule has 0 aliphatic carbocycles. The quantitative estimate of drug-likeness (QED) is 0.768. The van der Waals surface area contributed by atoms with Gasteiger partial charge in [-0.25, -0.2) is 0 Å². The second kappa shape index (κ2) is 8.46. The van der Waals surface area contributed by atoms with E-state index in [1.165, 1.54) is 0 Å². The summed E-state index contributed by atoms with van der Waals surface area (Å²) in [4.78, 5) is 17.4. The lowest BCUT2D eigenvalue weighted by molar-refractivity contribution is -0.131. The van der Waals surface area contributed by atoms with Gasteiger partial charge in [0.1, 0.15) is 5.41 Å². The third-order valence-electron chi connectivity index (χ3n) is 6.09. The van der Waals surface area contributed by atoms with E-state index < -0.39 is 24.7 Å². The van der Waals surface area contributed by atoms with E-state index in [2.05, 4.69) is 4.90 Å². The first-order valence-corrected chi connectivity index (χ1v) is 9.92. The van der Waals surface area contributed by atoms with Crippen LogP contribution in [0.15, 0.2) is 60.7 Å². The Morgan fingerprint density at radius 3 is 2.25 bits per heavy atom. The molecule has 0 spiro atoms. The van der Waals surface area contributed by atoms with Gasteiger partial charge in [0, 0.05) is 38.9 Å². The molecule has 28 heavy (non-hydrogen) atoms. The third-order valence-corrected chi connectivity index (χ3v) is 6.09. The zero-order valence-corrected chi connectivity index (χ0v) is 16.0. The smallest absolute Gasteiger partial charge is 0.238 e. The van der Waals surface area contributed by atoms with E-state index >= 15 is 0 Å². The van der Waals surface area contributed by atoms with Crippen molar-refractivity contribution in [3.63, 3.8) is 0 Å². The van der Waals surface area contributed by atoms with E-state index in [1.807, 2.05) is 60.7 Å². The summed E-state index contributed by atoms with van der Waals surface area (Å²) in [5.74, 6) is -0.789. The second-order valence-corrected chi connectivity index (χ2v) is 7.51. The Bertz CT molecular complexity index is 907. The molecule has 4 nitrogen and oxygen atoms in total. The van der Waals surface area contributed by atoms with Crippen LogP contribution in [0.3, 0.4) is 0 Å². The Morgan fingerprint density at radius 1 is 1.07 bits per heavy atom. The highest BCUT2D eigenvalue weighted by atomic mass is 16.5. The average Bonchev–Trinajstić information content (AvgIpc) is 3.12. The van der Waals surface area contributed by atoms with E-state index in [9.17, 15) is 4.79 Å². The molecule has 2 aromatic carbocycles. The van der Waals surface area contributed by atoms with Crippen LogP contribution in [0.2, 0.25) is 0 Å². The number of hydrogen-bond donors (Lipinski definition) is 0. The fourth-order valence-corrected chi connectivity index (χ4v) is 4.68. The van der Waals surface area contributed by atoms with E-state index in [4.69, 9.17) is 11.6 Å². The van der Waals surface area contributed by atoms with Gasteiger partial charge in [-0.2, -0.15) is 0 Å². The van der Waals surface area contributed by atoms with Gasteiger partial charge in [0.25, 0.3) is 0 Å². The maximum atomic E-state index is 14.2. The highest BCUT2D eigenvalue weighted by Crippen LogP contribution is 2.47. The molecule has 1 amide bonds.